The molecule has 0 N–H and O–H groups in total. The molecule has 1 rings (SSSR count). The lowest BCUT2D eigenvalue weighted by Gasteiger charge is -2.32. The quantitative estimate of drug-likeness (QED) is 0.559. The number of hydrogen-bond donors (Lipinski definition) is 0. The Bertz CT molecular complexity index is 329. The van der Waals surface area contributed by atoms with Crippen molar-refractivity contribution in [2.75, 3.05) is 20.2 Å². The summed E-state index contributed by atoms with van der Waals surface area (Å²) in [7, 11) is 1.33. The van der Waals surface area contributed by atoms with Crippen LogP contribution in [0.5, 0.6) is 0 Å². The van der Waals surface area contributed by atoms with Crippen molar-refractivity contribution in [3.8, 4) is 0 Å². The van der Waals surface area contributed by atoms with E-state index in [1.165, 1.54) is 14.0 Å². The third-order valence-electron chi connectivity index (χ3n) is 2.34. The van der Waals surface area contributed by atoms with Crippen LogP contribution in [0.4, 0.5) is 0 Å². The third kappa shape index (κ3) is 2.19. The van der Waals surface area contributed by atoms with Gasteiger partial charge in [0.25, 0.3) is 0 Å². The molecule has 0 saturated heterocycles. The van der Waals surface area contributed by atoms with E-state index in [4.69, 9.17) is 4.74 Å². The summed E-state index contributed by atoms with van der Waals surface area (Å²) in [6.07, 6.45) is 0. The highest BCUT2D eigenvalue weighted by molar-refractivity contribution is 9.18. The molecule has 6 heteroatoms. The van der Waals surface area contributed by atoms with Crippen molar-refractivity contribution < 1.29 is 14.3 Å². The molecule has 0 aromatic rings. The number of ketones is 1. The Morgan fingerprint density at radius 3 is 2.73 bits per heavy atom. The van der Waals surface area contributed by atoms with Crippen molar-refractivity contribution in [3.05, 3.63) is 0 Å². The van der Waals surface area contributed by atoms with Crippen molar-refractivity contribution in [1.29, 1.82) is 0 Å². The largest absolute Gasteiger partial charge is 0.467 e. The minimum atomic E-state index is -0.876. The highest BCUT2D eigenvalue weighted by Gasteiger charge is 2.45. The number of nitrogens with zero attached hydrogens (tertiary/aromatic N) is 2. The van der Waals surface area contributed by atoms with E-state index < -0.39 is 5.54 Å². The summed E-state index contributed by atoms with van der Waals surface area (Å²) < 4.78 is 5.23. The van der Waals surface area contributed by atoms with Crippen LogP contribution in [0.25, 0.3) is 0 Å². The van der Waals surface area contributed by atoms with E-state index in [9.17, 15) is 9.59 Å². The Balaban J connectivity index is 2.91. The molecule has 1 atom stereocenters. The molecule has 1 aliphatic heterocycles. The standard InChI is InChI=1S/C9H13BrN2O3/c1-6(13)4-12-8(10)11-5-9(12,2)7(14)15-3/h4-5H2,1-3H3. The van der Waals surface area contributed by atoms with Crippen LogP contribution in [0.15, 0.2) is 4.99 Å². The van der Waals surface area contributed by atoms with Gasteiger partial charge in [-0.2, -0.15) is 0 Å². The fourth-order valence-corrected chi connectivity index (χ4v) is 2.09. The van der Waals surface area contributed by atoms with Gasteiger partial charge in [-0.15, -0.1) is 0 Å². The molecular weight excluding hydrogens is 264 g/mol. The predicted octanol–water partition coefficient (Wildman–Crippen LogP) is 0.574. The van der Waals surface area contributed by atoms with E-state index in [0.29, 0.717) is 11.3 Å². The number of Topliss-reactive ketones (excluding diaryl/α,β-unsaturated/α-hetero) is 1. The van der Waals surface area contributed by atoms with Crippen molar-refractivity contribution in [1.82, 2.24) is 4.90 Å². The number of halogens is 1. The van der Waals surface area contributed by atoms with Gasteiger partial charge in [0.15, 0.2) is 10.3 Å². The number of methoxy groups -OCH3 is 1. The highest BCUT2D eigenvalue weighted by Crippen LogP contribution is 2.26. The number of amidine groups is 1. The van der Waals surface area contributed by atoms with Gasteiger partial charge < -0.3 is 9.64 Å². The van der Waals surface area contributed by atoms with Gasteiger partial charge in [-0.25, -0.2) is 4.79 Å². The summed E-state index contributed by atoms with van der Waals surface area (Å²) in [4.78, 5) is 28.4. The molecule has 0 fully saturated rings. The molecule has 84 valence electrons. The van der Waals surface area contributed by atoms with Crippen LogP contribution in [-0.2, 0) is 14.3 Å². The lowest BCUT2D eigenvalue weighted by molar-refractivity contribution is -0.150. The minimum Gasteiger partial charge on any atom is -0.467 e. The molecular formula is C9H13BrN2O3. The van der Waals surface area contributed by atoms with E-state index in [1.807, 2.05) is 0 Å². The van der Waals surface area contributed by atoms with E-state index in [1.54, 1.807) is 11.8 Å². The Kier molecular flexibility index (Phi) is 3.49. The van der Waals surface area contributed by atoms with Gasteiger partial charge in [-0.05, 0) is 29.8 Å². The Morgan fingerprint density at radius 1 is 1.67 bits per heavy atom. The molecule has 0 aromatic heterocycles. The molecule has 0 radical (unpaired) electrons. The first-order chi connectivity index (χ1) is 6.91. The van der Waals surface area contributed by atoms with E-state index in [0.717, 1.165) is 0 Å². The fourth-order valence-electron chi connectivity index (χ4n) is 1.45. The number of hydrogen-bond acceptors (Lipinski definition) is 5. The zero-order chi connectivity index (χ0) is 11.6. The smallest absolute Gasteiger partial charge is 0.333 e. The fraction of sp³-hybridized carbons (Fsp3) is 0.667. The number of carbonyl (C=O) groups is 2. The van der Waals surface area contributed by atoms with Gasteiger partial charge >= 0.3 is 5.97 Å². The van der Waals surface area contributed by atoms with Gasteiger partial charge in [0.2, 0.25) is 0 Å². The molecule has 0 amide bonds. The van der Waals surface area contributed by atoms with Crippen LogP contribution in [0.2, 0.25) is 0 Å². The molecule has 0 bridgehead atoms. The number of esters is 1. The maximum Gasteiger partial charge on any atom is 0.333 e. The summed E-state index contributed by atoms with van der Waals surface area (Å²) in [5.41, 5.74) is -0.876. The minimum absolute atomic E-state index is 0.0285. The normalized spacial score (nSPS) is 25.1. The van der Waals surface area contributed by atoms with Gasteiger partial charge in [-0.3, -0.25) is 9.79 Å². The molecule has 0 aliphatic carbocycles. The van der Waals surface area contributed by atoms with E-state index in [2.05, 4.69) is 20.9 Å². The van der Waals surface area contributed by atoms with Crippen LogP contribution in [0, 0.1) is 0 Å². The highest BCUT2D eigenvalue weighted by atomic mass is 79.9. The van der Waals surface area contributed by atoms with Crippen LogP contribution in [-0.4, -0.2) is 47.1 Å². The molecule has 0 spiro atoms. The first-order valence-corrected chi connectivity index (χ1v) is 5.26. The second kappa shape index (κ2) is 4.30. The summed E-state index contributed by atoms with van der Waals surface area (Å²) in [5, 5.41) is 0. The SMILES string of the molecule is COC(=O)C1(C)CN=C(Br)N1CC(C)=O. The van der Waals surface area contributed by atoms with Crippen molar-refractivity contribution in [2.45, 2.75) is 19.4 Å². The van der Waals surface area contributed by atoms with Crippen LogP contribution in [0.3, 0.4) is 0 Å². The van der Waals surface area contributed by atoms with Gasteiger partial charge in [-0.1, -0.05) is 0 Å². The zero-order valence-electron chi connectivity index (χ0n) is 8.91. The average Bonchev–Trinajstić information content (AvgIpc) is 2.45. The van der Waals surface area contributed by atoms with Gasteiger partial charge in [0, 0.05) is 0 Å². The van der Waals surface area contributed by atoms with Crippen LogP contribution < -0.4 is 0 Å². The second-order valence-electron chi connectivity index (χ2n) is 3.64. The Morgan fingerprint density at radius 2 is 2.27 bits per heavy atom. The molecule has 5 nitrogen and oxygen atoms in total. The van der Waals surface area contributed by atoms with Crippen molar-refractivity contribution in [2.24, 2.45) is 4.99 Å². The van der Waals surface area contributed by atoms with E-state index >= 15 is 0 Å². The zero-order valence-corrected chi connectivity index (χ0v) is 10.5. The van der Waals surface area contributed by atoms with Crippen molar-refractivity contribution >= 4 is 32.4 Å². The summed E-state index contributed by atoms with van der Waals surface area (Å²) in [6.45, 7) is 3.62. The molecule has 0 saturated carbocycles. The third-order valence-corrected chi connectivity index (χ3v) is 3.02. The summed E-state index contributed by atoms with van der Waals surface area (Å²) in [5.74, 6) is -0.416. The first-order valence-electron chi connectivity index (χ1n) is 4.47. The first kappa shape index (κ1) is 12.2. The van der Waals surface area contributed by atoms with Crippen LogP contribution in [0.1, 0.15) is 13.8 Å². The maximum absolute atomic E-state index is 11.6. The molecule has 1 unspecified atom stereocenters. The lowest BCUT2D eigenvalue weighted by Crippen LogP contribution is -2.54. The topological polar surface area (TPSA) is 59.0 Å². The molecule has 1 heterocycles. The molecule has 15 heavy (non-hydrogen) atoms. The summed E-state index contributed by atoms with van der Waals surface area (Å²) in [6, 6.07) is 0. The van der Waals surface area contributed by atoms with Crippen LogP contribution >= 0.6 is 15.9 Å². The lowest BCUT2D eigenvalue weighted by atomic mass is 10.0. The number of aliphatic imine (C=N–C) groups is 1. The summed E-state index contributed by atoms with van der Waals surface area (Å²) >= 11 is 3.22. The maximum atomic E-state index is 11.6. The number of ether oxygens (including phenoxy) is 1. The Labute approximate surface area is 96.6 Å². The average molecular weight is 277 g/mol. The monoisotopic (exact) mass is 276 g/mol. The Hall–Kier alpha value is -0.910. The number of rotatable bonds is 3. The predicted molar refractivity (Wildman–Crippen MR) is 59.0 cm³/mol. The van der Waals surface area contributed by atoms with E-state index in [-0.39, 0.29) is 18.3 Å². The second-order valence-corrected chi connectivity index (χ2v) is 4.35. The molecule has 1 aliphatic rings. The molecule has 0 aromatic carbocycles. The van der Waals surface area contributed by atoms with Gasteiger partial charge in [0.1, 0.15) is 5.78 Å². The number of carbonyl (C=O) groups excluding carboxylic acids is 2. The van der Waals surface area contributed by atoms with Crippen molar-refractivity contribution in [3.63, 3.8) is 0 Å². The van der Waals surface area contributed by atoms with Gasteiger partial charge in [0.05, 0.1) is 20.2 Å².